The monoisotopic (exact) mass is 431 g/mol. The summed E-state index contributed by atoms with van der Waals surface area (Å²) in [6, 6.07) is 19.2. The van der Waals surface area contributed by atoms with Gasteiger partial charge in [0, 0.05) is 29.3 Å². The molecule has 1 amide bonds. The number of methoxy groups -OCH3 is 1. The van der Waals surface area contributed by atoms with Crippen LogP contribution in [0.3, 0.4) is 0 Å². The van der Waals surface area contributed by atoms with Crippen LogP contribution >= 0.6 is 11.8 Å². The van der Waals surface area contributed by atoms with Crippen LogP contribution in [0.2, 0.25) is 0 Å². The second kappa shape index (κ2) is 9.44. The summed E-state index contributed by atoms with van der Waals surface area (Å²) in [6.07, 6.45) is 3.46. The number of aromatic nitrogens is 4. The number of ether oxygens (including phenoxy) is 1. The maximum Gasteiger partial charge on any atom is 0.234 e. The van der Waals surface area contributed by atoms with Gasteiger partial charge < -0.3 is 10.1 Å². The highest BCUT2D eigenvalue weighted by Crippen LogP contribution is 2.28. The molecule has 4 aromatic rings. The lowest BCUT2D eigenvalue weighted by atomic mass is 10.2. The quantitative estimate of drug-likeness (QED) is 0.438. The fraction of sp³-hybridized carbons (Fsp3) is 0.130. The first-order valence-corrected chi connectivity index (χ1v) is 10.6. The van der Waals surface area contributed by atoms with Crippen molar-refractivity contribution in [3.63, 3.8) is 0 Å². The van der Waals surface area contributed by atoms with Gasteiger partial charge in [0.1, 0.15) is 5.75 Å². The third-order valence-electron chi connectivity index (χ3n) is 4.61. The number of carbonyl (C=O) groups excluding carboxylic acids is 1. The summed E-state index contributed by atoms with van der Waals surface area (Å²) in [4.78, 5) is 16.8. The summed E-state index contributed by atoms with van der Waals surface area (Å²) >= 11 is 1.33. The predicted octanol–water partition coefficient (Wildman–Crippen LogP) is 4.38. The molecule has 7 nitrogen and oxygen atoms in total. The molecule has 0 aliphatic rings. The number of anilines is 1. The Hall–Kier alpha value is -3.65. The van der Waals surface area contributed by atoms with E-state index in [9.17, 15) is 4.79 Å². The fourth-order valence-corrected chi connectivity index (χ4v) is 3.83. The van der Waals surface area contributed by atoms with Crippen LogP contribution in [-0.4, -0.2) is 38.5 Å². The van der Waals surface area contributed by atoms with Crippen molar-refractivity contribution in [1.29, 1.82) is 0 Å². The number of thioether (sulfide) groups is 1. The fourth-order valence-electron chi connectivity index (χ4n) is 3.08. The van der Waals surface area contributed by atoms with E-state index in [2.05, 4.69) is 20.5 Å². The van der Waals surface area contributed by atoms with Crippen molar-refractivity contribution < 1.29 is 9.53 Å². The average Bonchev–Trinajstić information content (AvgIpc) is 3.24. The van der Waals surface area contributed by atoms with Crippen molar-refractivity contribution in [2.75, 3.05) is 18.2 Å². The number of rotatable bonds is 7. The third-order valence-corrected chi connectivity index (χ3v) is 5.54. The number of benzene rings is 2. The first-order chi connectivity index (χ1) is 15.2. The zero-order valence-electron chi connectivity index (χ0n) is 17.1. The molecule has 2 heterocycles. The first kappa shape index (κ1) is 20.6. The molecule has 0 bridgehead atoms. The molecule has 156 valence electrons. The molecule has 0 unspecified atom stereocenters. The Morgan fingerprint density at radius 3 is 2.65 bits per heavy atom. The maximum absolute atomic E-state index is 12.6. The van der Waals surface area contributed by atoms with Crippen LogP contribution in [0.25, 0.3) is 17.1 Å². The minimum absolute atomic E-state index is 0.121. The van der Waals surface area contributed by atoms with E-state index in [-0.39, 0.29) is 11.7 Å². The van der Waals surface area contributed by atoms with Gasteiger partial charge in [0.15, 0.2) is 11.0 Å². The van der Waals surface area contributed by atoms with Crippen LogP contribution < -0.4 is 10.1 Å². The second-order valence-electron chi connectivity index (χ2n) is 6.74. The minimum Gasteiger partial charge on any atom is -0.497 e. The number of nitrogens with one attached hydrogen (secondary N) is 1. The number of pyridine rings is 1. The van der Waals surface area contributed by atoms with Gasteiger partial charge in [-0.05, 0) is 55.0 Å². The van der Waals surface area contributed by atoms with E-state index >= 15 is 0 Å². The van der Waals surface area contributed by atoms with Gasteiger partial charge in [-0.2, -0.15) is 0 Å². The third kappa shape index (κ3) is 4.75. The van der Waals surface area contributed by atoms with Gasteiger partial charge in [0.05, 0.1) is 12.9 Å². The van der Waals surface area contributed by atoms with Crippen molar-refractivity contribution >= 4 is 23.4 Å². The standard InChI is InChI=1S/C23H21N5O2S/c1-16-13-19(30-2)10-11-20(16)25-21(29)15-31-23-27-26-22(17-7-6-12-24-14-17)28(23)18-8-4-3-5-9-18/h3-14H,15H2,1-2H3,(H,25,29). The molecule has 0 spiro atoms. The number of amides is 1. The highest BCUT2D eigenvalue weighted by Gasteiger charge is 2.17. The Labute approximate surface area is 184 Å². The highest BCUT2D eigenvalue weighted by atomic mass is 32.2. The Kier molecular flexibility index (Phi) is 6.28. The smallest absolute Gasteiger partial charge is 0.234 e. The number of aryl methyl sites for hydroxylation is 1. The Balaban J connectivity index is 1.55. The average molecular weight is 432 g/mol. The van der Waals surface area contributed by atoms with Gasteiger partial charge in [0.25, 0.3) is 0 Å². The number of hydrogen-bond acceptors (Lipinski definition) is 6. The maximum atomic E-state index is 12.6. The molecule has 31 heavy (non-hydrogen) atoms. The van der Waals surface area contributed by atoms with E-state index in [1.807, 2.05) is 72.2 Å². The number of carbonyl (C=O) groups is 1. The lowest BCUT2D eigenvalue weighted by Crippen LogP contribution is -2.15. The normalized spacial score (nSPS) is 10.6. The van der Waals surface area contributed by atoms with Gasteiger partial charge in [0.2, 0.25) is 5.91 Å². The van der Waals surface area contributed by atoms with E-state index < -0.39 is 0 Å². The molecule has 1 N–H and O–H groups in total. The lowest BCUT2D eigenvalue weighted by Gasteiger charge is -2.11. The van der Waals surface area contributed by atoms with E-state index in [0.29, 0.717) is 11.0 Å². The van der Waals surface area contributed by atoms with E-state index in [1.54, 1.807) is 19.5 Å². The van der Waals surface area contributed by atoms with Gasteiger partial charge in [-0.25, -0.2) is 0 Å². The van der Waals surface area contributed by atoms with Crippen LogP contribution in [0.1, 0.15) is 5.56 Å². The molecule has 8 heteroatoms. The van der Waals surface area contributed by atoms with Crippen molar-refractivity contribution in [2.24, 2.45) is 0 Å². The van der Waals surface area contributed by atoms with E-state index in [0.717, 1.165) is 28.3 Å². The molecule has 0 saturated carbocycles. The molecular formula is C23H21N5O2S. The largest absolute Gasteiger partial charge is 0.497 e. The first-order valence-electron chi connectivity index (χ1n) is 9.64. The van der Waals surface area contributed by atoms with Crippen molar-refractivity contribution in [3.8, 4) is 22.8 Å². The van der Waals surface area contributed by atoms with Gasteiger partial charge in [-0.3, -0.25) is 14.3 Å². The summed E-state index contributed by atoms with van der Waals surface area (Å²) in [6.45, 7) is 1.93. The zero-order chi connectivity index (χ0) is 21.6. The number of para-hydroxylation sites is 1. The zero-order valence-corrected chi connectivity index (χ0v) is 18.0. The van der Waals surface area contributed by atoms with E-state index in [4.69, 9.17) is 4.74 Å². The molecule has 0 aliphatic heterocycles. The van der Waals surface area contributed by atoms with Gasteiger partial charge in [-0.15, -0.1) is 10.2 Å². The lowest BCUT2D eigenvalue weighted by molar-refractivity contribution is -0.113. The Morgan fingerprint density at radius 2 is 1.94 bits per heavy atom. The SMILES string of the molecule is COc1ccc(NC(=O)CSc2nnc(-c3cccnc3)n2-c2ccccc2)c(C)c1. The molecule has 0 fully saturated rings. The Morgan fingerprint density at radius 1 is 1.10 bits per heavy atom. The molecule has 0 saturated heterocycles. The summed E-state index contributed by atoms with van der Waals surface area (Å²) < 4.78 is 7.15. The summed E-state index contributed by atoms with van der Waals surface area (Å²) in [7, 11) is 1.62. The van der Waals surface area contributed by atoms with Gasteiger partial charge >= 0.3 is 0 Å². The second-order valence-corrected chi connectivity index (χ2v) is 7.68. The van der Waals surface area contributed by atoms with Crippen LogP contribution in [-0.2, 0) is 4.79 Å². The molecule has 2 aromatic carbocycles. The summed E-state index contributed by atoms with van der Waals surface area (Å²) in [5.74, 6) is 1.50. The van der Waals surface area contributed by atoms with Crippen molar-refractivity contribution in [2.45, 2.75) is 12.1 Å². The molecule has 4 rings (SSSR count). The van der Waals surface area contributed by atoms with Gasteiger partial charge in [-0.1, -0.05) is 30.0 Å². The number of hydrogen-bond donors (Lipinski definition) is 1. The van der Waals surface area contributed by atoms with Crippen LogP contribution in [0.4, 0.5) is 5.69 Å². The van der Waals surface area contributed by atoms with Crippen LogP contribution in [0.5, 0.6) is 5.75 Å². The molecular weight excluding hydrogens is 410 g/mol. The molecule has 0 aliphatic carbocycles. The molecule has 0 radical (unpaired) electrons. The van der Waals surface area contributed by atoms with Crippen molar-refractivity contribution in [1.82, 2.24) is 19.7 Å². The van der Waals surface area contributed by atoms with E-state index in [1.165, 1.54) is 11.8 Å². The predicted molar refractivity (Wildman–Crippen MR) is 122 cm³/mol. The minimum atomic E-state index is -0.121. The van der Waals surface area contributed by atoms with Crippen LogP contribution in [0, 0.1) is 6.92 Å². The number of nitrogens with zero attached hydrogens (tertiary/aromatic N) is 4. The highest BCUT2D eigenvalue weighted by molar-refractivity contribution is 7.99. The van der Waals surface area contributed by atoms with Crippen LogP contribution in [0.15, 0.2) is 78.2 Å². The summed E-state index contributed by atoms with van der Waals surface area (Å²) in [5.41, 5.74) is 3.46. The summed E-state index contributed by atoms with van der Waals surface area (Å²) in [5, 5.41) is 12.3. The Bertz CT molecular complexity index is 1180. The molecule has 2 aromatic heterocycles. The van der Waals surface area contributed by atoms with Crippen molar-refractivity contribution in [3.05, 3.63) is 78.6 Å². The topological polar surface area (TPSA) is 81.9 Å². The molecule has 0 atom stereocenters.